The van der Waals surface area contributed by atoms with Crippen LogP contribution in [0.5, 0.6) is 0 Å². The molecule has 2 nitrogen and oxygen atoms in total. The molecule has 0 aliphatic carbocycles. The van der Waals surface area contributed by atoms with Gasteiger partial charge in [0.15, 0.2) is 0 Å². The van der Waals surface area contributed by atoms with Crippen LogP contribution in [0.4, 0.5) is 0 Å². The molecule has 0 aromatic heterocycles. The van der Waals surface area contributed by atoms with Crippen molar-refractivity contribution in [2.75, 3.05) is 0 Å². The third-order valence-electron chi connectivity index (χ3n) is 2.65. The minimum atomic E-state index is -0.182. The van der Waals surface area contributed by atoms with Crippen LogP contribution >= 0.6 is 15.9 Å². The monoisotopic (exact) mass is 268 g/mol. The van der Waals surface area contributed by atoms with Gasteiger partial charge in [-0.15, -0.1) is 0 Å². The summed E-state index contributed by atoms with van der Waals surface area (Å²) in [6, 6.07) is 5.69. The van der Waals surface area contributed by atoms with Crippen LogP contribution in [0.3, 0.4) is 0 Å². The van der Waals surface area contributed by atoms with Crippen molar-refractivity contribution in [2.24, 2.45) is 0 Å². The Hall–Kier alpha value is -0.830. The highest BCUT2D eigenvalue weighted by Gasteiger charge is 2.30. The van der Waals surface area contributed by atoms with Crippen LogP contribution in [0.25, 0.3) is 0 Å². The molecule has 80 valence electrons. The van der Waals surface area contributed by atoms with Crippen LogP contribution in [0.15, 0.2) is 22.7 Å². The van der Waals surface area contributed by atoms with Crippen molar-refractivity contribution in [3.8, 4) is 0 Å². The molecule has 2 rings (SSSR count). The minimum Gasteiger partial charge on any atom is -0.454 e. The number of hydrogen-bond acceptors (Lipinski definition) is 2. The number of rotatable bonds is 3. The predicted octanol–water partition coefficient (Wildman–Crippen LogP) is 3.85. The molecular formula is C12H13BrO2. The van der Waals surface area contributed by atoms with E-state index in [0.717, 1.165) is 34.9 Å². The number of carbonyl (C=O) groups is 1. The third kappa shape index (κ3) is 2.07. The predicted molar refractivity (Wildman–Crippen MR) is 61.8 cm³/mol. The number of hydrogen-bond donors (Lipinski definition) is 0. The second-order valence-corrected chi connectivity index (χ2v) is 4.68. The molecule has 3 heteroatoms. The first-order valence-corrected chi connectivity index (χ1v) is 6.02. The van der Waals surface area contributed by atoms with Gasteiger partial charge in [-0.25, -0.2) is 4.79 Å². The Bertz CT molecular complexity index is 387. The topological polar surface area (TPSA) is 26.3 Å². The molecule has 0 bridgehead atoms. The Labute approximate surface area is 97.8 Å². The van der Waals surface area contributed by atoms with Gasteiger partial charge in [-0.1, -0.05) is 29.3 Å². The fourth-order valence-electron chi connectivity index (χ4n) is 1.85. The molecule has 0 amide bonds. The summed E-state index contributed by atoms with van der Waals surface area (Å²) in [5, 5.41) is 0. The highest BCUT2D eigenvalue weighted by atomic mass is 79.9. The quantitative estimate of drug-likeness (QED) is 0.779. The molecule has 0 radical (unpaired) electrons. The average molecular weight is 269 g/mol. The second-order valence-electron chi connectivity index (χ2n) is 3.77. The molecule has 1 atom stereocenters. The fourth-order valence-corrected chi connectivity index (χ4v) is 2.22. The lowest BCUT2D eigenvalue weighted by atomic mass is 10.0. The van der Waals surface area contributed by atoms with Gasteiger partial charge in [-0.05, 0) is 31.0 Å². The standard InChI is InChI=1S/C12H13BrO2/c1-2-3-4-11-10-7-8(13)5-6-9(10)12(14)15-11/h5-7,11H,2-4H2,1H3. The van der Waals surface area contributed by atoms with Gasteiger partial charge < -0.3 is 4.74 Å². The molecule has 1 heterocycles. The summed E-state index contributed by atoms with van der Waals surface area (Å²) in [4.78, 5) is 11.5. The van der Waals surface area contributed by atoms with Crippen molar-refractivity contribution in [1.29, 1.82) is 0 Å². The van der Waals surface area contributed by atoms with E-state index in [4.69, 9.17) is 4.74 Å². The van der Waals surface area contributed by atoms with Gasteiger partial charge in [0, 0.05) is 10.0 Å². The second kappa shape index (κ2) is 4.35. The zero-order valence-electron chi connectivity index (χ0n) is 8.63. The van der Waals surface area contributed by atoms with E-state index in [-0.39, 0.29) is 12.1 Å². The van der Waals surface area contributed by atoms with E-state index < -0.39 is 0 Å². The first-order chi connectivity index (χ1) is 7.22. The van der Waals surface area contributed by atoms with E-state index >= 15 is 0 Å². The fraction of sp³-hybridized carbons (Fsp3) is 0.417. The maximum atomic E-state index is 11.5. The number of fused-ring (bicyclic) bond motifs is 1. The normalized spacial score (nSPS) is 18.8. The Balaban J connectivity index is 2.27. The summed E-state index contributed by atoms with van der Waals surface area (Å²) in [5.74, 6) is -0.182. The number of benzene rings is 1. The van der Waals surface area contributed by atoms with E-state index in [2.05, 4.69) is 22.9 Å². The lowest BCUT2D eigenvalue weighted by molar-refractivity contribution is 0.0364. The van der Waals surface area contributed by atoms with Crippen molar-refractivity contribution in [3.05, 3.63) is 33.8 Å². The highest BCUT2D eigenvalue weighted by Crippen LogP contribution is 2.35. The maximum Gasteiger partial charge on any atom is 0.339 e. The molecule has 0 fully saturated rings. The van der Waals surface area contributed by atoms with Crippen molar-refractivity contribution < 1.29 is 9.53 Å². The summed E-state index contributed by atoms with van der Waals surface area (Å²) < 4.78 is 6.33. The Morgan fingerprint density at radius 1 is 1.47 bits per heavy atom. The molecule has 1 unspecified atom stereocenters. The number of esters is 1. The van der Waals surface area contributed by atoms with E-state index in [0.29, 0.717) is 0 Å². The van der Waals surface area contributed by atoms with Crippen LogP contribution in [0, 0.1) is 0 Å². The lowest BCUT2D eigenvalue weighted by Crippen LogP contribution is -1.98. The third-order valence-corrected chi connectivity index (χ3v) is 3.14. The van der Waals surface area contributed by atoms with Crippen LogP contribution in [0.2, 0.25) is 0 Å². The zero-order chi connectivity index (χ0) is 10.8. The lowest BCUT2D eigenvalue weighted by Gasteiger charge is -2.09. The largest absolute Gasteiger partial charge is 0.454 e. The van der Waals surface area contributed by atoms with Gasteiger partial charge in [0.05, 0.1) is 5.56 Å². The van der Waals surface area contributed by atoms with Gasteiger partial charge >= 0.3 is 5.97 Å². The molecule has 0 N–H and O–H groups in total. The van der Waals surface area contributed by atoms with Gasteiger partial charge in [0.25, 0.3) is 0 Å². The van der Waals surface area contributed by atoms with Crippen LogP contribution < -0.4 is 0 Å². The Morgan fingerprint density at radius 3 is 3.00 bits per heavy atom. The molecule has 1 aromatic carbocycles. The van der Waals surface area contributed by atoms with Crippen LogP contribution in [-0.4, -0.2) is 5.97 Å². The van der Waals surface area contributed by atoms with Gasteiger partial charge in [-0.2, -0.15) is 0 Å². The van der Waals surface area contributed by atoms with Crippen LogP contribution in [-0.2, 0) is 4.74 Å². The SMILES string of the molecule is CCCCC1OC(=O)c2ccc(Br)cc21. The van der Waals surface area contributed by atoms with Gasteiger partial charge in [0.2, 0.25) is 0 Å². The van der Waals surface area contributed by atoms with E-state index in [1.165, 1.54) is 0 Å². The molecule has 0 spiro atoms. The van der Waals surface area contributed by atoms with Gasteiger partial charge in [0.1, 0.15) is 6.10 Å². The first-order valence-electron chi connectivity index (χ1n) is 5.22. The summed E-state index contributed by atoms with van der Waals surface area (Å²) in [5.41, 5.74) is 1.75. The summed E-state index contributed by atoms with van der Waals surface area (Å²) in [7, 11) is 0. The Morgan fingerprint density at radius 2 is 2.27 bits per heavy atom. The van der Waals surface area contributed by atoms with Crippen LogP contribution in [0.1, 0.15) is 48.2 Å². The van der Waals surface area contributed by atoms with Crippen molar-refractivity contribution in [3.63, 3.8) is 0 Å². The van der Waals surface area contributed by atoms with E-state index in [1.54, 1.807) is 0 Å². The molecular weight excluding hydrogens is 256 g/mol. The van der Waals surface area contributed by atoms with Crippen molar-refractivity contribution >= 4 is 21.9 Å². The zero-order valence-corrected chi connectivity index (χ0v) is 10.2. The smallest absolute Gasteiger partial charge is 0.339 e. The molecule has 0 saturated carbocycles. The number of cyclic esters (lactones) is 1. The number of ether oxygens (including phenoxy) is 1. The first kappa shape index (κ1) is 10.7. The number of unbranched alkanes of at least 4 members (excludes halogenated alkanes) is 1. The molecule has 1 aromatic rings. The highest BCUT2D eigenvalue weighted by molar-refractivity contribution is 9.10. The van der Waals surface area contributed by atoms with Crippen molar-refractivity contribution in [2.45, 2.75) is 32.3 Å². The van der Waals surface area contributed by atoms with Gasteiger partial charge in [-0.3, -0.25) is 0 Å². The molecule has 1 aliphatic rings. The number of carbonyl (C=O) groups excluding carboxylic acids is 1. The summed E-state index contributed by atoms with van der Waals surface area (Å²) in [6.07, 6.45) is 3.09. The van der Waals surface area contributed by atoms with E-state index in [1.807, 2.05) is 18.2 Å². The average Bonchev–Trinajstić information content (AvgIpc) is 2.52. The number of halogens is 1. The van der Waals surface area contributed by atoms with Crippen molar-refractivity contribution in [1.82, 2.24) is 0 Å². The summed E-state index contributed by atoms with van der Waals surface area (Å²) >= 11 is 3.41. The molecule has 15 heavy (non-hydrogen) atoms. The Kier molecular flexibility index (Phi) is 3.10. The minimum absolute atomic E-state index is 0.0371. The summed E-state index contributed by atoms with van der Waals surface area (Å²) in [6.45, 7) is 2.14. The molecule has 1 aliphatic heterocycles. The maximum absolute atomic E-state index is 11.5. The van der Waals surface area contributed by atoms with E-state index in [9.17, 15) is 4.79 Å². The molecule has 0 saturated heterocycles.